The predicted octanol–water partition coefficient (Wildman–Crippen LogP) is -0.280. The average molecular weight is 911 g/mol. The molecule has 2 aromatic rings. The molecule has 0 aliphatic heterocycles. The van der Waals surface area contributed by atoms with Gasteiger partial charge in [0, 0.05) is 19.0 Å². The van der Waals surface area contributed by atoms with Crippen molar-refractivity contribution in [1.82, 2.24) is 41.9 Å². The number of carboxylic acid groups (broad SMARTS) is 2. The highest BCUT2D eigenvalue weighted by Gasteiger charge is 2.39. The predicted molar refractivity (Wildman–Crippen MR) is 218 cm³/mol. The molecule has 6 amide bonds. The summed E-state index contributed by atoms with van der Waals surface area (Å²) < 4.78 is 39.1. The van der Waals surface area contributed by atoms with Crippen molar-refractivity contribution in [3.8, 4) is 0 Å². The molecule has 6 atom stereocenters. The second-order valence-corrected chi connectivity index (χ2v) is 16.4. The van der Waals surface area contributed by atoms with Crippen molar-refractivity contribution in [2.75, 3.05) is 0 Å². The number of aromatic amines is 2. The van der Waals surface area contributed by atoms with Gasteiger partial charge in [-0.15, -0.1) is 0 Å². The Kier molecular flexibility index (Phi) is 19.6. The standard InChI is InChI=1S/C40H53F3N8O13/c1-19(2)13-25(34(60)45-22(18-52)16-40(41,42)43)49-37(63)30(39(4,5)6)50-36(62)26(14-21-10-8-7-9-20(21)3)48-33(59)24(11-12-28(53)54)46-35(61)27(15-29(55)56)47-31(57)23-17-44-38(64)51-32(23)58/h7-10,17-19,22,24-27,30H,11-16H2,1-6H3,(H,45,60)(H,46,61)(H,47,57)(H,48,59)(H,49,63)(H,50,62)(H,53,54)(H,55,56)(H2,44,51,58,64)/t22?,24-,25-,26-,27-,30+/m0/s1. The number of halogens is 3. The molecule has 64 heavy (non-hydrogen) atoms. The number of rotatable bonds is 23. The second-order valence-electron chi connectivity index (χ2n) is 16.4. The van der Waals surface area contributed by atoms with Gasteiger partial charge in [-0.3, -0.25) is 48.1 Å². The van der Waals surface area contributed by atoms with Crippen LogP contribution in [0.4, 0.5) is 13.2 Å². The third-order valence-corrected chi connectivity index (χ3v) is 9.36. The molecule has 0 bridgehead atoms. The van der Waals surface area contributed by atoms with E-state index in [1.54, 1.807) is 50.0 Å². The Bertz CT molecular complexity index is 2170. The number of carboxylic acids is 2. The summed E-state index contributed by atoms with van der Waals surface area (Å²) in [5.74, 6) is -10.3. The molecular weight excluding hydrogens is 857 g/mol. The molecule has 0 aliphatic rings. The number of aromatic nitrogens is 2. The van der Waals surface area contributed by atoms with Gasteiger partial charge in [-0.05, 0) is 42.2 Å². The van der Waals surface area contributed by atoms with Crippen LogP contribution < -0.4 is 43.1 Å². The lowest BCUT2D eigenvalue weighted by atomic mass is 9.85. The third kappa shape index (κ3) is 17.8. The monoisotopic (exact) mass is 910 g/mol. The van der Waals surface area contributed by atoms with Crippen LogP contribution in [0, 0.1) is 18.3 Å². The van der Waals surface area contributed by atoms with Crippen LogP contribution in [0.5, 0.6) is 0 Å². The lowest BCUT2D eigenvalue weighted by molar-refractivity contribution is -0.147. The van der Waals surface area contributed by atoms with Crippen molar-refractivity contribution in [1.29, 1.82) is 0 Å². The highest BCUT2D eigenvalue weighted by Crippen LogP contribution is 2.23. The first kappa shape index (κ1) is 53.3. The summed E-state index contributed by atoms with van der Waals surface area (Å²) in [5, 5.41) is 32.6. The minimum absolute atomic E-state index is 0.0925. The van der Waals surface area contributed by atoms with Gasteiger partial charge in [-0.2, -0.15) is 13.2 Å². The van der Waals surface area contributed by atoms with Gasteiger partial charge >= 0.3 is 23.8 Å². The van der Waals surface area contributed by atoms with Gasteiger partial charge in [0.25, 0.3) is 11.5 Å². The summed E-state index contributed by atoms with van der Waals surface area (Å²) in [7, 11) is 0. The molecule has 0 spiro atoms. The number of carbonyl (C=O) groups excluding carboxylic acids is 7. The van der Waals surface area contributed by atoms with E-state index >= 15 is 0 Å². The number of aliphatic carboxylic acids is 2. The van der Waals surface area contributed by atoms with Gasteiger partial charge in [-0.1, -0.05) is 58.9 Å². The number of hydrogen-bond acceptors (Lipinski definition) is 11. The summed E-state index contributed by atoms with van der Waals surface area (Å²) in [4.78, 5) is 144. The molecule has 0 aliphatic carbocycles. The molecule has 0 saturated carbocycles. The number of H-pyrrole nitrogens is 2. The van der Waals surface area contributed by atoms with Crippen LogP contribution in [0.2, 0.25) is 0 Å². The summed E-state index contributed by atoms with van der Waals surface area (Å²) in [6, 6.07) is -3.71. The van der Waals surface area contributed by atoms with E-state index in [1.165, 1.54) is 20.8 Å². The second kappa shape index (κ2) is 23.5. The zero-order valence-electron chi connectivity index (χ0n) is 35.8. The topological polar surface area (TPSA) is 332 Å². The average Bonchev–Trinajstić information content (AvgIpc) is 3.16. The van der Waals surface area contributed by atoms with Crippen molar-refractivity contribution in [3.05, 3.63) is 68.0 Å². The van der Waals surface area contributed by atoms with Gasteiger partial charge in [0.15, 0.2) is 0 Å². The van der Waals surface area contributed by atoms with Gasteiger partial charge in [-0.25, -0.2) is 4.79 Å². The van der Waals surface area contributed by atoms with E-state index in [9.17, 15) is 76.1 Å². The Labute approximate surface area is 363 Å². The van der Waals surface area contributed by atoms with Crippen molar-refractivity contribution < 1.29 is 66.5 Å². The molecule has 0 fully saturated rings. The summed E-state index contributed by atoms with van der Waals surface area (Å²) >= 11 is 0. The quantitative estimate of drug-likeness (QED) is 0.0643. The Hall–Kier alpha value is -6.88. The fraction of sp³-hybridized carbons (Fsp3) is 0.525. The van der Waals surface area contributed by atoms with Crippen LogP contribution in [-0.2, 0) is 44.8 Å². The van der Waals surface area contributed by atoms with E-state index in [-0.39, 0.29) is 25.0 Å². The number of aldehydes is 1. The molecule has 21 nitrogen and oxygen atoms in total. The van der Waals surface area contributed by atoms with Gasteiger partial charge in [0.05, 0.1) is 18.9 Å². The fourth-order valence-electron chi connectivity index (χ4n) is 6.09. The maximum Gasteiger partial charge on any atom is 0.391 e. The molecule has 1 heterocycles. The number of amides is 6. The molecule has 2 rings (SSSR count). The molecular formula is C40H53F3N8O13. The van der Waals surface area contributed by atoms with Crippen molar-refractivity contribution in [2.45, 2.75) is 122 Å². The zero-order chi connectivity index (χ0) is 48.7. The van der Waals surface area contributed by atoms with Crippen molar-refractivity contribution >= 4 is 53.7 Å². The number of hydrogen-bond donors (Lipinski definition) is 10. The van der Waals surface area contributed by atoms with Crippen LogP contribution in [0.15, 0.2) is 40.1 Å². The molecule has 24 heteroatoms. The van der Waals surface area contributed by atoms with Crippen LogP contribution in [0.25, 0.3) is 0 Å². The minimum atomic E-state index is -4.81. The van der Waals surface area contributed by atoms with E-state index in [0.29, 0.717) is 17.3 Å². The molecule has 0 radical (unpaired) electrons. The van der Waals surface area contributed by atoms with Crippen LogP contribution in [-0.4, -0.2) is 116 Å². The molecule has 352 valence electrons. The van der Waals surface area contributed by atoms with Crippen LogP contribution in [0.1, 0.15) is 88.2 Å². The first-order chi connectivity index (χ1) is 29.6. The molecule has 1 aromatic heterocycles. The Morgan fingerprint density at radius 2 is 1.31 bits per heavy atom. The van der Waals surface area contributed by atoms with Gasteiger partial charge in [0.2, 0.25) is 29.5 Å². The van der Waals surface area contributed by atoms with E-state index in [1.807, 2.05) is 15.6 Å². The van der Waals surface area contributed by atoms with Crippen LogP contribution in [0.3, 0.4) is 0 Å². The summed E-state index contributed by atoms with van der Waals surface area (Å²) in [6.07, 6.45) is -8.72. The van der Waals surface area contributed by atoms with Crippen molar-refractivity contribution in [2.24, 2.45) is 11.3 Å². The Morgan fingerprint density at radius 1 is 0.750 bits per heavy atom. The van der Waals surface area contributed by atoms with E-state index in [2.05, 4.69) is 21.3 Å². The summed E-state index contributed by atoms with van der Waals surface area (Å²) in [6.45, 7) is 9.61. The number of carbonyl (C=O) groups is 9. The summed E-state index contributed by atoms with van der Waals surface area (Å²) in [5.41, 5.74) is -2.89. The lowest BCUT2D eigenvalue weighted by Crippen LogP contribution is -2.62. The lowest BCUT2D eigenvalue weighted by Gasteiger charge is -2.34. The third-order valence-electron chi connectivity index (χ3n) is 9.36. The normalized spacial score (nSPS) is 14.3. The zero-order valence-corrected chi connectivity index (χ0v) is 35.8. The highest BCUT2D eigenvalue weighted by atomic mass is 19.4. The van der Waals surface area contributed by atoms with E-state index < -0.39 is 138 Å². The maximum atomic E-state index is 14.2. The highest BCUT2D eigenvalue weighted by molar-refractivity contribution is 6.00. The number of benzene rings is 1. The van der Waals surface area contributed by atoms with E-state index in [4.69, 9.17) is 0 Å². The maximum absolute atomic E-state index is 14.2. The fourth-order valence-corrected chi connectivity index (χ4v) is 6.09. The van der Waals surface area contributed by atoms with Gasteiger partial charge < -0.3 is 51.9 Å². The molecule has 0 saturated heterocycles. The minimum Gasteiger partial charge on any atom is -0.481 e. The first-order valence-electron chi connectivity index (χ1n) is 19.8. The van der Waals surface area contributed by atoms with Gasteiger partial charge in [0.1, 0.15) is 42.1 Å². The van der Waals surface area contributed by atoms with Crippen molar-refractivity contribution in [3.63, 3.8) is 0 Å². The smallest absolute Gasteiger partial charge is 0.391 e. The SMILES string of the molecule is Cc1ccccc1C[C@H](NC(=O)[C@H](CCC(=O)O)NC(=O)[C@H](CC(=O)O)NC(=O)c1c[nH]c(=O)[nH]c1=O)C(=O)N[C@H](C(=O)N[C@@H](CC(C)C)C(=O)NC(C=O)CC(F)(F)F)C(C)(C)C. The molecule has 1 aromatic carbocycles. The van der Waals surface area contributed by atoms with Crippen LogP contribution >= 0.6 is 0 Å². The number of alkyl halides is 3. The molecule has 1 unspecified atom stereocenters. The Morgan fingerprint density at radius 3 is 1.84 bits per heavy atom. The molecule has 10 N–H and O–H groups in total. The largest absolute Gasteiger partial charge is 0.481 e. The number of aryl methyl sites for hydroxylation is 1. The first-order valence-corrected chi connectivity index (χ1v) is 19.8. The Balaban J connectivity index is 2.50. The van der Waals surface area contributed by atoms with E-state index in [0.717, 1.165) is 0 Å². The number of nitrogens with one attached hydrogen (secondary N) is 8.